The van der Waals surface area contributed by atoms with Crippen LogP contribution in [0, 0.1) is 3.57 Å². The van der Waals surface area contributed by atoms with Gasteiger partial charge in [-0.1, -0.05) is 18.2 Å². The van der Waals surface area contributed by atoms with Gasteiger partial charge in [-0.05, 0) is 41.0 Å². The Morgan fingerprint density at radius 2 is 2.00 bits per heavy atom. The molecule has 0 amide bonds. The van der Waals surface area contributed by atoms with Crippen molar-refractivity contribution in [2.75, 3.05) is 12.0 Å². The summed E-state index contributed by atoms with van der Waals surface area (Å²) in [5, 5.41) is 5.41. The van der Waals surface area contributed by atoms with Gasteiger partial charge >= 0.3 is 0 Å². The van der Waals surface area contributed by atoms with E-state index in [1.165, 1.54) is 0 Å². The van der Waals surface area contributed by atoms with Crippen molar-refractivity contribution in [2.24, 2.45) is 0 Å². The molecule has 0 bridgehead atoms. The van der Waals surface area contributed by atoms with Gasteiger partial charge in [0.2, 0.25) is 0 Å². The van der Waals surface area contributed by atoms with Gasteiger partial charge in [-0.15, -0.1) is 11.8 Å². The molecule has 15 heavy (non-hydrogen) atoms. The monoisotopic (exact) mass is 331 g/mol. The number of halogens is 1. The first-order chi connectivity index (χ1) is 7.24. The predicted octanol–water partition coefficient (Wildman–Crippen LogP) is 2.78. The molecular weight excluding hydrogens is 321 g/mol. The van der Waals surface area contributed by atoms with Gasteiger partial charge in [0.25, 0.3) is 0 Å². The lowest BCUT2D eigenvalue weighted by molar-refractivity contribution is 0.846. The number of para-hydroxylation sites is 1. The molecule has 0 unspecified atom stereocenters. The number of nitrogen functional groups attached to an aromatic ring is 1. The molecule has 2 N–H and O–H groups in total. The van der Waals surface area contributed by atoms with Gasteiger partial charge in [-0.25, -0.2) is 4.68 Å². The highest BCUT2D eigenvalue weighted by Gasteiger charge is 2.12. The van der Waals surface area contributed by atoms with Gasteiger partial charge in [-0.3, -0.25) is 0 Å². The van der Waals surface area contributed by atoms with Crippen molar-refractivity contribution >= 4 is 40.2 Å². The highest BCUT2D eigenvalue weighted by atomic mass is 127. The number of nitrogens with zero attached hydrogens (tertiary/aromatic N) is 2. The van der Waals surface area contributed by atoms with Crippen LogP contribution in [0.4, 0.5) is 5.82 Å². The summed E-state index contributed by atoms with van der Waals surface area (Å²) in [4.78, 5) is 0. The molecule has 1 aromatic carbocycles. The van der Waals surface area contributed by atoms with Crippen LogP contribution in [0.25, 0.3) is 5.69 Å². The van der Waals surface area contributed by atoms with E-state index in [0.29, 0.717) is 5.82 Å². The molecule has 0 radical (unpaired) electrons. The average Bonchev–Trinajstić information content (AvgIpc) is 2.57. The fourth-order valence-corrected chi connectivity index (χ4v) is 2.73. The summed E-state index contributed by atoms with van der Waals surface area (Å²) in [7, 11) is 0. The summed E-state index contributed by atoms with van der Waals surface area (Å²) in [6.07, 6.45) is 2.00. The van der Waals surface area contributed by atoms with Gasteiger partial charge in [0.15, 0.2) is 0 Å². The molecular formula is C10H10IN3S. The molecule has 0 aliphatic heterocycles. The van der Waals surface area contributed by atoms with Crippen LogP contribution >= 0.6 is 34.4 Å². The molecule has 0 saturated carbocycles. The maximum Gasteiger partial charge on any atom is 0.141 e. The molecule has 1 heterocycles. The second-order valence-corrected chi connectivity index (χ2v) is 4.83. The van der Waals surface area contributed by atoms with Crippen molar-refractivity contribution in [2.45, 2.75) is 5.03 Å². The van der Waals surface area contributed by atoms with E-state index in [1.54, 1.807) is 16.4 Å². The van der Waals surface area contributed by atoms with E-state index in [1.807, 2.05) is 36.6 Å². The second kappa shape index (κ2) is 4.44. The Hall–Kier alpha value is -0.690. The van der Waals surface area contributed by atoms with E-state index in [9.17, 15) is 0 Å². The van der Waals surface area contributed by atoms with Gasteiger partial charge in [0.05, 0.1) is 9.26 Å². The molecule has 0 aliphatic carbocycles. The lowest BCUT2D eigenvalue weighted by atomic mass is 10.3. The quantitative estimate of drug-likeness (QED) is 0.680. The van der Waals surface area contributed by atoms with E-state index in [-0.39, 0.29) is 0 Å². The van der Waals surface area contributed by atoms with Crippen LogP contribution in [-0.4, -0.2) is 16.0 Å². The minimum atomic E-state index is 0.700. The van der Waals surface area contributed by atoms with Crippen molar-refractivity contribution in [3.8, 4) is 5.69 Å². The smallest absolute Gasteiger partial charge is 0.141 e. The number of nitrogens with two attached hydrogens (primary N) is 1. The summed E-state index contributed by atoms with van der Waals surface area (Å²) in [6.45, 7) is 0. The highest BCUT2D eigenvalue weighted by molar-refractivity contribution is 14.1. The van der Waals surface area contributed by atoms with Crippen LogP contribution in [0.2, 0.25) is 0 Å². The Balaban J connectivity index is 2.55. The maximum absolute atomic E-state index is 5.99. The largest absolute Gasteiger partial charge is 0.383 e. The number of aromatic nitrogens is 2. The van der Waals surface area contributed by atoms with Crippen molar-refractivity contribution in [3.63, 3.8) is 0 Å². The molecule has 5 heteroatoms. The third kappa shape index (κ3) is 1.98. The zero-order chi connectivity index (χ0) is 10.8. The van der Waals surface area contributed by atoms with Crippen LogP contribution in [0.1, 0.15) is 0 Å². The number of benzene rings is 1. The van der Waals surface area contributed by atoms with Crippen LogP contribution in [0.5, 0.6) is 0 Å². The van der Waals surface area contributed by atoms with Crippen LogP contribution in [0.3, 0.4) is 0 Å². The van der Waals surface area contributed by atoms with Crippen LogP contribution < -0.4 is 5.73 Å². The molecule has 3 nitrogen and oxygen atoms in total. The van der Waals surface area contributed by atoms with Crippen molar-refractivity contribution in [1.29, 1.82) is 0 Å². The second-order valence-electron chi connectivity index (χ2n) is 2.96. The molecule has 0 saturated heterocycles. The number of hydrogen-bond donors (Lipinski definition) is 1. The number of rotatable bonds is 2. The fraction of sp³-hybridized carbons (Fsp3) is 0.100. The topological polar surface area (TPSA) is 43.8 Å². The van der Waals surface area contributed by atoms with Gasteiger partial charge in [0.1, 0.15) is 10.8 Å². The van der Waals surface area contributed by atoms with E-state index in [2.05, 4.69) is 27.7 Å². The highest BCUT2D eigenvalue weighted by Crippen LogP contribution is 2.28. The molecule has 78 valence electrons. The molecule has 0 aliphatic rings. The van der Waals surface area contributed by atoms with E-state index >= 15 is 0 Å². The SMILES string of the molecule is CSc1nn(-c2ccccc2)c(N)c1I. The Morgan fingerprint density at radius 3 is 2.53 bits per heavy atom. The molecule has 2 aromatic rings. The summed E-state index contributed by atoms with van der Waals surface area (Å²) in [5.74, 6) is 0.700. The van der Waals surface area contributed by atoms with Gasteiger partial charge in [0, 0.05) is 0 Å². The summed E-state index contributed by atoms with van der Waals surface area (Å²) in [6, 6.07) is 9.90. The minimum absolute atomic E-state index is 0.700. The minimum Gasteiger partial charge on any atom is -0.383 e. The number of anilines is 1. The maximum atomic E-state index is 5.99. The Morgan fingerprint density at radius 1 is 1.33 bits per heavy atom. The summed E-state index contributed by atoms with van der Waals surface area (Å²) < 4.78 is 2.79. The molecule has 2 rings (SSSR count). The number of thioether (sulfide) groups is 1. The predicted molar refractivity (Wildman–Crippen MR) is 72.5 cm³/mol. The fourth-order valence-electron chi connectivity index (χ4n) is 1.29. The normalized spacial score (nSPS) is 10.5. The first kappa shape index (κ1) is 10.8. The van der Waals surface area contributed by atoms with E-state index < -0.39 is 0 Å². The third-order valence-electron chi connectivity index (χ3n) is 2.03. The Kier molecular flexibility index (Phi) is 3.20. The van der Waals surface area contributed by atoms with Crippen molar-refractivity contribution in [3.05, 3.63) is 33.9 Å². The molecule has 0 fully saturated rings. The lowest BCUT2D eigenvalue weighted by Crippen LogP contribution is -2.01. The standard InChI is InChI=1S/C10H10IN3S/c1-15-10-8(11)9(12)14(13-10)7-5-3-2-4-6-7/h2-6H,12H2,1H3. The lowest BCUT2D eigenvalue weighted by Gasteiger charge is -2.02. The molecule has 1 aromatic heterocycles. The summed E-state index contributed by atoms with van der Waals surface area (Å²) >= 11 is 3.83. The summed E-state index contributed by atoms with van der Waals surface area (Å²) in [5.41, 5.74) is 6.98. The zero-order valence-electron chi connectivity index (χ0n) is 8.14. The van der Waals surface area contributed by atoms with Crippen LogP contribution in [-0.2, 0) is 0 Å². The zero-order valence-corrected chi connectivity index (χ0v) is 11.1. The van der Waals surface area contributed by atoms with Gasteiger partial charge < -0.3 is 5.73 Å². The number of hydrogen-bond acceptors (Lipinski definition) is 3. The third-order valence-corrected chi connectivity index (χ3v) is 4.13. The first-order valence-electron chi connectivity index (χ1n) is 4.37. The average molecular weight is 331 g/mol. The Labute approximate surface area is 106 Å². The van der Waals surface area contributed by atoms with Crippen molar-refractivity contribution in [1.82, 2.24) is 9.78 Å². The van der Waals surface area contributed by atoms with E-state index in [4.69, 9.17) is 5.73 Å². The van der Waals surface area contributed by atoms with Crippen LogP contribution in [0.15, 0.2) is 35.4 Å². The Bertz CT molecular complexity index is 467. The molecule has 0 atom stereocenters. The van der Waals surface area contributed by atoms with Crippen molar-refractivity contribution < 1.29 is 0 Å². The first-order valence-corrected chi connectivity index (χ1v) is 6.68. The van der Waals surface area contributed by atoms with E-state index in [0.717, 1.165) is 14.3 Å². The molecule has 0 spiro atoms. The van der Waals surface area contributed by atoms with Gasteiger partial charge in [-0.2, -0.15) is 5.10 Å².